The third-order valence-corrected chi connectivity index (χ3v) is 4.46. The number of fused-ring (bicyclic) bond motifs is 1. The molecule has 0 unspecified atom stereocenters. The van der Waals surface area contributed by atoms with E-state index in [1.807, 2.05) is 72.8 Å². The highest BCUT2D eigenvalue weighted by atomic mass is 35.5. The van der Waals surface area contributed by atoms with Crippen LogP contribution in [-0.4, -0.2) is 15.1 Å². The number of hydrogen-bond donors (Lipinski definition) is 3. The minimum Gasteiger partial charge on any atom is -0.338 e. The molecule has 0 aliphatic rings. The van der Waals surface area contributed by atoms with Gasteiger partial charge in [0, 0.05) is 11.3 Å². The summed E-state index contributed by atoms with van der Waals surface area (Å²) in [5.41, 5.74) is 4.64. The summed E-state index contributed by atoms with van der Waals surface area (Å²) in [6.45, 7) is 0. The number of imidazole rings is 1. The number of aromatic nitrogens is 2. The first-order chi connectivity index (χ1) is 12.7. The quantitative estimate of drug-likeness (QED) is 0.401. The molecule has 0 bridgehead atoms. The van der Waals surface area contributed by atoms with Crippen molar-refractivity contribution in [3.8, 4) is 11.4 Å². The fourth-order valence-corrected chi connectivity index (χ4v) is 3.06. The number of H-pyrrole nitrogens is 1. The second kappa shape index (κ2) is 7.15. The Balaban J connectivity index is 1.47. The van der Waals surface area contributed by atoms with E-state index in [4.69, 9.17) is 23.8 Å². The maximum absolute atomic E-state index is 6.13. The highest BCUT2D eigenvalue weighted by molar-refractivity contribution is 7.80. The second-order valence-electron chi connectivity index (χ2n) is 5.74. The Labute approximate surface area is 161 Å². The van der Waals surface area contributed by atoms with Gasteiger partial charge in [-0.25, -0.2) is 4.98 Å². The summed E-state index contributed by atoms with van der Waals surface area (Å²) in [4.78, 5) is 7.94. The molecule has 4 rings (SSSR count). The van der Waals surface area contributed by atoms with Crippen LogP contribution in [0.3, 0.4) is 0 Å². The van der Waals surface area contributed by atoms with Crippen LogP contribution in [0.5, 0.6) is 0 Å². The molecule has 6 heteroatoms. The van der Waals surface area contributed by atoms with Crippen LogP contribution in [0.25, 0.3) is 22.4 Å². The third kappa shape index (κ3) is 3.54. The van der Waals surface area contributed by atoms with Gasteiger partial charge in [-0.15, -0.1) is 0 Å². The molecular formula is C20H15ClN4S. The number of nitrogens with zero attached hydrogens (tertiary/aromatic N) is 1. The van der Waals surface area contributed by atoms with Crippen molar-refractivity contribution in [1.82, 2.24) is 9.97 Å². The zero-order chi connectivity index (χ0) is 17.9. The van der Waals surface area contributed by atoms with Crippen LogP contribution in [-0.2, 0) is 0 Å². The number of aromatic amines is 1. The predicted octanol–water partition coefficient (Wildman–Crippen LogP) is 5.69. The zero-order valence-corrected chi connectivity index (χ0v) is 15.2. The molecular weight excluding hydrogens is 364 g/mol. The Morgan fingerprint density at radius 2 is 1.62 bits per heavy atom. The van der Waals surface area contributed by atoms with Crippen LogP contribution in [0.2, 0.25) is 5.02 Å². The summed E-state index contributed by atoms with van der Waals surface area (Å²) >= 11 is 11.5. The van der Waals surface area contributed by atoms with Gasteiger partial charge in [0.25, 0.3) is 0 Å². The molecule has 0 spiro atoms. The van der Waals surface area contributed by atoms with Crippen molar-refractivity contribution in [3.63, 3.8) is 0 Å². The van der Waals surface area contributed by atoms with E-state index < -0.39 is 0 Å². The lowest BCUT2D eigenvalue weighted by molar-refractivity contribution is 1.34. The van der Waals surface area contributed by atoms with Gasteiger partial charge in [-0.3, -0.25) is 0 Å². The molecule has 4 aromatic rings. The molecule has 0 saturated carbocycles. The Bertz CT molecular complexity index is 1040. The summed E-state index contributed by atoms with van der Waals surface area (Å²) in [7, 11) is 0. The van der Waals surface area contributed by atoms with Crippen molar-refractivity contribution in [3.05, 3.63) is 77.8 Å². The molecule has 0 aliphatic heterocycles. The predicted molar refractivity (Wildman–Crippen MR) is 113 cm³/mol. The fraction of sp³-hybridized carbons (Fsp3) is 0. The number of halogens is 1. The average molecular weight is 379 g/mol. The van der Waals surface area contributed by atoms with Crippen molar-refractivity contribution >= 4 is 51.3 Å². The van der Waals surface area contributed by atoms with Crippen LogP contribution in [0.15, 0.2) is 72.8 Å². The first-order valence-electron chi connectivity index (χ1n) is 8.07. The topological polar surface area (TPSA) is 52.7 Å². The lowest BCUT2D eigenvalue weighted by Gasteiger charge is -2.11. The van der Waals surface area contributed by atoms with E-state index in [0.29, 0.717) is 10.1 Å². The van der Waals surface area contributed by atoms with Gasteiger partial charge in [-0.2, -0.15) is 0 Å². The van der Waals surface area contributed by atoms with E-state index >= 15 is 0 Å². The Morgan fingerprint density at radius 3 is 2.38 bits per heavy atom. The van der Waals surface area contributed by atoms with Crippen molar-refractivity contribution in [2.75, 3.05) is 10.6 Å². The highest BCUT2D eigenvalue weighted by Gasteiger charge is 2.06. The van der Waals surface area contributed by atoms with E-state index in [1.165, 1.54) is 0 Å². The number of benzene rings is 3. The molecule has 3 N–H and O–H groups in total. The van der Waals surface area contributed by atoms with Gasteiger partial charge < -0.3 is 15.6 Å². The fourth-order valence-electron chi connectivity index (χ4n) is 2.65. The number of anilines is 2. The van der Waals surface area contributed by atoms with E-state index in [-0.39, 0.29) is 0 Å². The van der Waals surface area contributed by atoms with Crippen LogP contribution >= 0.6 is 23.8 Å². The van der Waals surface area contributed by atoms with E-state index in [0.717, 1.165) is 33.8 Å². The van der Waals surface area contributed by atoms with Gasteiger partial charge in [-0.05, 0) is 60.7 Å². The van der Waals surface area contributed by atoms with Gasteiger partial charge in [0.15, 0.2) is 5.11 Å². The SMILES string of the molecule is S=C(Nc1ccc(-c2nc3ccccc3[nH]2)cc1)Nc1ccccc1Cl. The van der Waals surface area contributed by atoms with E-state index in [2.05, 4.69) is 20.6 Å². The molecule has 3 aromatic carbocycles. The lowest BCUT2D eigenvalue weighted by Crippen LogP contribution is -2.19. The molecule has 0 atom stereocenters. The Kier molecular flexibility index (Phi) is 4.56. The maximum Gasteiger partial charge on any atom is 0.175 e. The number of thiocarbonyl (C=S) groups is 1. The molecule has 0 amide bonds. The summed E-state index contributed by atoms with van der Waals surface area (Å²) in [5.74, 6) is 0.842. The second-order valence-corrected chi connectivity index (χ2v) is 6.55. The van der Waals surface area contributed by atoms with Crippen LogP contribution in [0.1, 0.15) is 0 Å². The van der Waals surface area contributed by atoms with Gasteiger partial charge in [-0.1, -0.05) is 35.9 Å². The molecule has 4 nitrogen and oxygen atoms in total. The van der Waals surface area contributed by atoms with E-state index in [1.54, 1.807) is 0 Å². The molecule has 0 saturated heterocycles. The molecule has 0 fully saturated rings. The number of rotatable bonds is 3. The van der Waals surface area contributed by atoms with Gasteiger partial charge in [0.2, 0.25) is 0 Å². The van der Waals surface area contributed by atoms with Gasteiger partial charge >= 0.3 is 0 Å². The summed E-state index contributed by atoms with van der Waals surface area (Å²) in [6.07, 6.45) is 0. The molecule has 1 heterocycles. The molecule has 26 heavy (non-hydrogen) atoms. The number of hydrogen-bond acceptors (Lipinski definition) is 2. The Hall–Kier alpha value is -2.89. The van der Waals surface area contributed by atoms with Crippen LogP contribution < -0.4 is 10.6 Å². The average Bonchev–Trinajstić information content (AvgIpc) is 3.08. The van der Waals surface area contributed by atoms with Crippen LogP contribution in [0, 0.1) is 0 Å². The van der Waals surface area contributed by atoms with E-state index in [9.17, 15) is 0 Å². The molecule has 128 valence electrons. The molecule has 1 aromatic heterocycles. The minimum absolute atomic E-state index is 0.481. The normalized spacial score (nSPS) is 10.7. The zero-order valence-electron chi connectivity index (χ0n) is 13.7. The third-order valence-electron chi connectivity index (χ3n) is 3.93. The van der Waals surface area contributed by atoms with Gasteiger partial charge in [0.1, 0.15) is 5.82 Å². The highest BCUT2D eigenvalue weighted by Crippen LogP contribution is 2.23. The van der Waals surface area contributed by atoms with Crippen molar-refractivity contribution in [1.29, 1.82) is 0 Å². The summed E-state index contributed by atoms with van der Waals surface area (Å²) in [6, 6.07) is 23.4. The molecule has 0 radical (unpaired) electrons. The largest absolute Gasteiger partial charge is 0.338 e. The Morgan fingerprint density at radius 1 is 0.885 bits per heavy atom. The van der Waals surface area contributed by atoms with Crippen LogP contribution in [0.4, 0.5) is 11.4 Å². The lowest BCUT2D eigenvalue weighted by atomic mass is 10.2. The standard InChI is InChI=1S/C20H15ClN4S/c21-15-5-1-2-6-16(15)25-20(26)22-14-11-9-13(10-12-14)19-23-17-7-3-4-8-18(17)24-19/h1-12H,(H,23,24)(H2,22,25,26). The summed E-state index contributed by atoms with van der Waals surface area (Å²) < 4.78 is 0. The first kappa shape index (κ1) is 16.6. The number of para-hydroxylation sites is 3. The summed E-state index contributed by atoms with van der Waals surface area (Å²) in [5, 5.41) is 7.35. The van der Waals surface area contributed by atoms with Gasteiger partial charge in [0.05, 0.1) is 21.7 Å². The first-order valence-corrected chi connectivity index (χ1v) is 8.85. The molecule has 0 aliphatic carbocycles. The smallest absolute Gasteiger partial charge is 0.175 e. The van der Waals surface area contributed by atoms with Crippen molar-refractivity contribution in [2.45, 2.75) is 0 Å². The maximum atomic E-state index is 6.13. The monoisotopic (exact) mass is 378 g/mol. The number of nitrogens with one attached hydrogen (secondary N) is 3. The van der Waals surface area contributed by atoms with Crippen molar-refractivity contribution in [2.24, 2.45) is 0 Å². The van der Waals surface area contributed by atoms with Crippen molar-refractivity contribution < 1.29 is 0 Å². The minimum atomic E-state index is 0.481.